The molecule has 2 aromatic rings. The van der Waals surface area contributed by atoms with E-state index in [-0.39, 0.29) is 18.1 Å². The molecule has 0 bridgehead atoms. The fourth-order valence-corrected chi connectivity index (χ4v) is 3.24. The number of para-hydroxylation sites is 1. The van der Waals surface area contributed by atoms with Crippen LogP contribution in [0.1, 0.15) is 16.8 Å². The van der Waals surface area contributed by atoms with Crippen LogP contribution in [0.4, 0.5) is 5.69 Å². The van der Waals surface area contributed by atoms with Gasteiger partial charge in [-0.25, -0.2) is 4.79 Å². The Labute approximate surface area is 148 Å². The molecule has 2 aromatic carbocycles. The summed E-state index contributed by atoms with van der Waals surface area (Å²) in [4.78, 5) is 24.0. The highest BCUT2D eigenvalue weighted by atomic mass is 32.2. The smallest absolute Gasteiger partial charge is 0.337 e. The molecule has 2 atom stereocenters. The summed E-state index contributed by atoms with van der Waals surface area (Å²) in [7, 11) is -0.000696. The summed E-state index contributed by atoms with van der Waals surface area (Å²) in [5, 5.41) is 2.72. The highest BCUT2D eigenvalue weighted by molar-refractivity contribution is 7.85. The van der Waals surface area contributed by atoms with Gasteiger partial charge in [-0.2, -0.15) is 0 Å². The van der Waals surface area contributed by atoms with Gasteiger partial charge >= 0.3 is 5.97 Å². The normalized spacial score (nSPS) is 12.9. The van der Waals surface area contributed by atoms with Gasteiger partial charge in [0.1, 0.15) is 0 Å². The summed E-state index contributed by atoms with van der Waals surface area (Å²) in [5.74, 6) is -0.512. The van der Waals surface area contributed by atoms with E-state index < -0.39 is 22.8 Å². The van der Waals surface area contributed by atoms with E-state index >= 15 is 0 Å². The summed E-state index contributed by atoms with van der Waals surface area (Å²) in [6, 6.07) is 14.6. The number of ether oxygens (including phenoxy) is 1. The molecule has 0 radical (unpaired) electrons. The van der Waals surface area contributed by atoms with Crippen molar-refractivity contribution in [2.24, 2.45) is 5.73 Å². The maximum Gasteiger partial charge on any atom is 0.337 e. The number of benzene rings is 2. The summed E-state index contributed by atoms with van der Waals surface area (Å²) in [6.07, 6.45) is 0.282. The van der Waals surface area contributed by atoms with Crippen molar-refractivity contribution in [2.45, 2.75) is 17.4 Å². The number of nitrogens with one attached hydrogen (secondary N) is 1. The Bertz CT molecular complexity index is 747. The van der Waals surface area contributed by atoms with Crippen LogP contribution in [0, 0.1) is 0 Å². The molecule has 2 rings (SSSR count). The van der Waals surface area contributed by atoms with E-state index in [1.165, 1.54) is 7.11 Å². The zero-order valence-corrected chi connectivity index (χ0v) is 14.6. The Morgan fingerprint density at radius 1 is 1.12 bits per heavy atom. The number of anilines is 1. The molecule has 0 heterocycles. The van der Waals surface area contributed by atoms with Gasteiger partial charge in [-0.1, -0.05) is 18.2 Å². The van der Waals surface area contributed by atoms with E-state index in [9.17, 15) is 13.8 Å². The first-order valence-corrected chi connectivity index (χ1v) is 9.01. The molecule has 0 aliphatic rings. The van der Waals surface area contributed by atoms with Gasteiger partial charge in [0.05, 0.1) is 29.5 Å². The molecule has 6 nitrogen and oxygen atoms in total. The Morgan fingerprint density at radius 2 is 1.76 bits per heavy atom. The van der Waals surface area contributed by atoms with Crippen LogP contribution < -0.4 is 11.1 Å². The third-order valence-electron chi connectivity index (χ3n) is 3.53. The van der Waals surface area contributed by atoms with Crippen molar-refractivity contribution >= 4 is 28.4 Å². The first-order valence-electron chi connectivity index (χ1n) is 7.69. The van der Waals surface area contributed by atoms with Crippen LogP contribution in [0.5, 0.6) is 0 Å². The van der Waals surface area contributed by atoms with Crippen molar-refractivity contribution in [2.75, 3.05) is 18.2 Å². The van der Waals surface area contributed by atoms with E-state index in [0.29, 0.717) is 16.1 Å². The summed E-state index contributed by atoms with van der Waals surface area (Å²) < 4.78 is 16.9. The second-order valence-electron chi connectivity index (χ2n) is 5.32. The van der Waals surface area contributed by atoms with Crippen molar-refractivity contribution in [1.29, 1.82) is 0 Å². The Balaban J connectivity index is 1.86. The summed E-state index contributed by atoms with van der Waals surface area (Å²) in [6.45, 7) is 0. The molecule has 1 amide bonds. The summed E-state index contributed by atoms with van der Waals surface area (Å²) >= 11 is 0. The van der Waals surface area contributed by atoms with Gasteiger partial charge in [0, 0.05) is 16.3 Å². The average Bonchev–Trinajstić information content (AvgIpc) is 2.66. The van der Waals surface area contributed by atoms with Crippen LogP contribution in [-0.2, 0) is 20.3 Å². The number of hydrogen-bond acceptors (Lipinski definition) is 5. The number of carbonyl (C=O) groups excluding carboxylic acids is 2. The lowest BCUT2D eigenvalue weighted by Crippen LogP contribution is -2.36. The third kappa shape index (κ3) is 5.51. The van der Waals surface area contributed by atoms with E-state index in [4.69, 9.17) is 5.73 Å². The van der Waals surface area contributed by atoms with Gasteiger partial charge in [-0.05, 0) is 42.8 Å². The fraction of sp³-hybridized carbons (Fsp3) is 0.222. The molecule has 0 fully saturated rings. The van der Waals surface area contributed by atoms with E-state index in [1.54, 1.807) is 36.4 Å². The number of methoxy groups -OCH3 is 1. The quantitative estimate of drug-likeness (QED) is 0.735. The molecule has 0 saturated carbocycles. The fourth-order valence-electron chi connectivity index (χ4n) is 2.10. The number of nitrogens with two attached hydrogens (primary N) is 1. The van der Waals surface area contributed by atoms with Gasteiger partial charge in [-0.3, -0.25) is 9.00 Å². The van der Waals surface area contributed by atoms with Gasteiger partial charge in [0.2, 0.25) is 5.91 Å². The Morgan fingerprint density at radius 3 is 2.36 bits per heavy atom. The maximum absolute atomic E-state index is 12.3. The molecule has 25 heavy (non-hydrogen) atoms. The molecule has 0 aromatic heterocycles. The third-order valence-corrected chi connectivity index (χ3v) is 4.94. The molecule has 7 heteroatoms. The number of hydrogen-bond donors (Lipinski definition) is 2. The van der Waals surface area contributed by atoms with Crippen molar-refractivity contribution in [3.8, 4) is 0 Å². The van der Waals surface area contributed by atoms with Crippen LogP contribution in [0.25, 0.3) is 0 Å². The SMILES string of the molecule is COC(=O)c1ccc(S(=O)CCC(N)C(=O)Nc2ccccc2)cc1. The van der Waals surface area contributed by atoms with Crippen LogP contribution in [0.15, 0.2) is 59.5 Å². The average molecular weight is 360 g/mol. The van der Waals surface area contributed by atoms with E-state index in [1.807, 2.05) is 18.2 Å². The lowest BCUT2D eigenvalue weighted by atomic mass is 10.2. The van der Waals surface area contributed by atoms with Crippen molar-refractivity contribution in [3.63, 3.8) is 0 Å². The van der Waals surface area contributed by atoms with Crippen LogP contribution in [-0.4, -0.2) is 35.0 Å². The highest BCUT2D eigenvalue weighted by Crippen LogP contribution is 2.12. The molecule has 3 N–H and O–H groups in total. The topological polar surface area (TPSA) is 98.5 Å². The zero-order valence-electron chi connectivity index (χ0n) is 13.8. The minimum absolute atomic E-state index is 0.251. The lowest BCUT2D eigenvalue weighted by Gasteiger charge is -2.12. The van der Waals surface area contributed by atoms with Crippen molar-refractivity contribution in [1.82, 2.24) is 0 Å². The first-order chi connectivity index (χ1) is 12.0. The van der Waals surface area contributed by atoms with E-state index in [0.717, 1.165) is 0 Å². The number of rotatable bonds is 7. The van der Waals surface area contributed by atoms with Gasteiger partial charge < -0.3 is 15.8 Å². The molecule has 132 valence electrons. The molecule has 0 saturated heterocycles. The number of amides is 1. The second-order valence-corrected chi connectivity index (χ2v) is 6.89. The maximum atomic E-state index is 12.3. The minimum atomic E-state index is -1.30. The summed E-state index contributed by atoms with van der Waals surface area (Å²) in [5.41, 5.74) is 6.93. The molecule has 0 spiro atoms. The highest BCUT2D eigenvalue weighted by Gasteiger charge is 2.16. The number of esters is 1. The van der Waals surface area contributed by atoms with Crippen molar-refractivity contribution < 1.29 is 18.5 Å². The standard InChI is InChI=1S/C18H20N2O4S/c1-24-18(22)13-7-9-15(10-8-13)25(23)12-11-16(19)17(21)20-14-5-3-2-4-6-14/h2-10,16H,11-12,19H2,1H3,(H,20,21). The first kappa shape index (κ1) is 18.8. The van der Waals surface area contributed by atoms with Gasteiger partial charge in [-0.15, -0.1) is 0 Å². The second kappa shape index (κ2) is 9.10. The Kier molecular flexibility index (Phi) is 6.85. The molecular weight excluding hydrogens is 340 g/mol. The predicted molar refractivity (Wildman–Crippen MR) is 96.7 cm³/mol. The van der Waals surface area contributed by atoms with Crippen molar-refractivity contribution in [3.05, 3.63) is 60.2 Å². The van der Waals surface area contributed by atoms with E-state index in [2.05, 4.69) is 10.1 Å². The molecular formula is C18H20N2O4S. The van der Waals surface area contributed by atoms with Crippen LogP contribution >= 0.6 is 0 Å². The molecule has 2 unspecified atom stereocenters. The monoisotopic (exact) mass is 360 g/mol. The predicted octanol–water partition coefficient (Wildman–Crippen LogP) is 1.94. The lowest BCUT2D eigenvalue weighted by molar-refractivity contribution is -0.117. The van der Waals surface area contributed by atoms with Crippen LogP contribution in [0.3, 0.4) is 0 Å². The minimum Gasteiger partial charge on any atom is -0.465 e. The molecule has 0 aliphatic carbocycles. The van der Waals surface area contributed by atoms with Gasteiger partial charge in [0.15, 0.2) is 0 Å². The molecule has 0 aliphatic heterocycles. The van der Waals surface area contributed by atoms with Gasteiger partial charge in [0.25, 0.3) is 0 Å². The number of carbonyl (C=O) groups is 2. The largest absolute Gasteiger partial charge is 0.465 e. The van der Waals surface area contributed by atoms with Crippen LogP contribution in [0.2, 0.25) is 0 Å². The zero-order chi connectivity index (χ0) is 18.2. The Hall–Kier alpha value is -2.51.